The lowest BCUT2D eigenvalue weighted by atomic mass is 9.69. The van der Waals surface area contributed by atoms with Crippen molar-refractivity contribution in [1.29, 1.82) is 0 Å². The molecule has 4 heterocycles. The van der Waals surface area contributed by atoms with Crippen LogP contribution in [0.15, 0.2) is 51.1 Å². The molecule has 1 aliphatic carbocycles. The Morgan fingerprint density at radius 3 is 2.45 bits per heavy atom. The van der Waals surface area contributed by atoms with E-state index in [-0.39, 0.29) is 28.0 Å². The van der Waals surface area contributed by atoms with Crippen molar-refractivity contribution in [3.05, 3.63) is 41.2 Å². The Labute approximate surface area is 256 Å². The van der Waals surface area contributed by atoms with Crippen LogP contribution in [0.5, 0.6) is 5.75 Å². The van der Waals surface area contributed by atoms with Crippen molar-refractivity contribution >= 4 is 21.5 Å². The third kappa shape index (κ3) is 5.98. The number of amidine groups is 1. The van der Waals surface area contributed by atoms with Crippen LogP contribution in [0, 0.1) is 5.92 Å². The van der Waals surface area contributed by atoms with Gasteiger partial charge in [0.15, 0.2) is 0 Å². The molecule has 4 N–H and O–H groups in total. The molecule has 2 saturated heterocycles. The zero-order valence-corrected chi connectivity index (χ0v) is 25.8. The topological polar surface area (TPSA) is 122 Å². The summed E-state index contributed by atoms with van der Waals surface area (Å²) < 4.78 is 81.8. The van der Waals surface area contributed by atoms with Crippen molar-refractivity contribution in [1.82, 2.24) is 14.5 Å². The van der Waals surface area contributed by atoms with E-state index in [2.05, 4.69) is 20.5 Å². The fourth-order valence-corrected chi connectivity index (χ4v) is 8.81. The van der Waals surface area contributed by atoms with Gasteiger partial charge in [-0.05, 0) is 49.8 Å². The Hall–Kier alpha value is -2.65. The van der Waals surface area contributed by atoms with E-state index in [0.717, 1.165) is 58.0 Å². The first kappa shape index (κ1) is 31.3. The van der Waals surface area contributed by atoms with E-state index < -0.39 is 33.9 Å². The largest absolute Gasteiger partial charge is 0.495 e. The molecule has 1 atom stereocenters. The lowest BCUT2D eigenvalue weighted by Crippen LogP contribution is -2.56. The van der Waals surface area contributed by atoms with Crippen molar-refractivity contribution in [3.8, 4) is 5.75 Å². The number of ether oxygens (including phenoxy) is 2. The summed E-state index contributed by atoms with van der Waals surface area (Å²) in [5.41, 5.74) is 5.32. The van der Waals surface area contributed by atoms with Gasteiger partial charge in [0.05, 0.1) is 48.6 Å². The summed E-state index contributed by atoms with van der Waals surface area (Å²) in [7, 11) is -2.32. The number of morpholine rings is 1. The van der Waals surface area contributed by atoms with E-state index in [9.17, 15) is 21.6 Å². The number of aliphatic imine (C=N–C) groups is 1. The number of fused-ring (bicyclic) bond motifs is 1. The second-order valence-electron chi connectivity index (χ2n) is 12.2. The minimum atomic E-state index is -4.54. The molecule has 0 amide bonds. The molecule has 0 spiro atoms. The van der Waals surface area contributed by atoms with Gasteiger partial charge >= 0.3 is 6.18 Å². The highest BCUT2D eigenvalue weighted by Crippen LogP contribution is 2.45. The number of anilines is 1. The number of nitrogens with two attached hydrogens (primary N) is 1. The molecule has 0 aromatic heterocycles. The number of halogens is 3. The van der Waals surface area contributed by atoms with Gasteiger partial charge in [-0.2, -0.15) is 17.5 Å². The second kappa shape index (κ2) is 12.3. The third-order valence-corrected chi connectivity index (χ3v) is 11.6. The molecule has 0 bridgehead atoms. The van der Waals surface area contributed by atoms with Crippen molar-refractivity contribution in [2.75, 3.05) is 58.4 Å². The van der Waals surface area contributed by atoms with Crippen molar-refractivity contribution in [2.45, 2.75) is 67.6 Å². The van der Waals surface area contributed by atoms with Gasteiger partial charge in [0, 0.05) is 43.9 Å². The van der Waals surface area contributed by atoms with E-state index in [0.29, 0.717) is 43.9 Å². The Kier molecular flexibility index (Phi) is 8.74. The number of alkyl halides is 3. The number of nitrogens with zero attached hydrogens (tertiary/aromatic N) is 3. The fraction of sp³-hybridized carbons (Fsp3) is 0.633. The van der Waals surface area contributed by atoms with Gasteiger partial charge < -0.3 is 25.8 Å². The van der Waals surface area contributed by atoms with Crippen LogP contribution in [0.4, 0.5) is 18.9 Å². The number of rotatable bonds is 7. The molecule has 1 aromatic rings. The van der Waals surface area contributed by atoms with E-state index in [1.54, 1.807) is 12.1 Å². The van der Waals surface area contributed by atoms with Crippen LogP contribution >= 0.6 is 0 Å². The molecule has 242 valence electrons. The van der Waals surface area contributed by atoms with Gasteiger partial charge in [0.2, 0.25) is 10.0 Å². The lowest BCUT2D eigenvalue weighted by Gasteiger charge is -2.43. The molecule has 1 unspecified atom stereocenters. The first-order valence-electron chi connectivity index (χ1n) is 15.4. The average molecular weight is 639 g/mol. The van der Waals surface area contributed by atoms with Gasteiger partial charge in [-0.25, -0.2) is 8.42 Å². The lowest BCUT2D eigenvalue weighted by molar-refractivity contribution is -0.0928. The molecule has 44 heavy (non-hydrogen) atoms. The van der Waals surface area contributed by atoms with Gasteiger partial charge in [0.25, 0.3) is 0 Å². The molecular weight excluding hydrogens is 597 g/mol. The van der Waals surface area contributed by atoms with Crippen molar-refractivity contribution < 1.29 is 31.1 Å². The average Bonchev–Trinajstić information content (AvgIpc) is 3.48. The van der Waals surface area contributed by atoms with Gasteiger partial charge in [0.1, 0.15) is 17.4 Å². The van der Waals surface area contributed by atoms with Crippen molar-refractivity contribution in [3.63, 3.8) is 0 Å². The highest BCUT2D eigenvalue weighted by Gasteiger charge is 2.51. The van der Waals surface area contributed by atoms with Crippen molar-refractivity contribution in [2.24, 2.45) is 16.6 Å². The highest BCUT2D eigenvalue weighted by molar-refractivity contribution is 7.89. The standard InChI is InChI=1S/C30H41F3N6O4S/c1-42-25-17-22(44(40,41)39-11-9-21(10-12-39)38-13-15-43-16-14-38)7-8-24(25)36-26-18-29(34,20-5-3-2-4-6-20)27-23(30(31,32)33)19-35-28(27)37-26/h7-8,17-18,20-21,36H,2-6,9-16,19,34H2,1H3,(H,35,37). The number of hydrogen-bond donors (Lipinski definition) is 3. The Morgan fingerprint density at radius 1 is 1.09 bits per heavy atom. The molecule has 3 fully saturated rings. The molecule has 6 rings (SSSR count). The maximum absolute atomic E-state index is 14.0. The summed E-state index contributed by atoms with van der Waals surface area (Å²) in [6.07, 6.45) is 2.91. The molecular formula is C30H41F3N6O4S. The summed E-state index contributed by atoms with van der Waals surface area (Å²) >= 11 is 0. The van der Waals surface area contributed by atoms with E-state index in [1.165, 1.54) is 23.5 Å². The summed E-state index contributed by atoms with van der Waals surface area (Å²) in [5, 5.41) is 6.20. The molecule has 1 saturated carbocycles. The molecule has 4 aliphatic heterocycles. The predicted octanol–water partition coefficient (Wildman–Crippen LogP) is 3.59. The summed E-state index contributed by atoms with van der Waals surface area (Å²) in [6, 6.07) is 4.95. The van der Waals surface area contributed by atoms with Crippen LogP contribution in [0.2, 0.25) is 0 Å². The number of benzene rings is 1. The summed E-state index contributed by atoms with van der Waals surface area (Å²) in [4.78, 5) is 6.69. The highest BCUT2D eigenvalue weighted by atomic mass is 32.2. The molecule has 10 nitrogen and oxygen atoms in total. The molecule has 5 aliphatic rings. The zero-order chi connectivity index (χ0) is 31.1. The number of piperidine rings is 1. The third-order valence-electron chi connectivity index (χ3n) is 9.69. The number of hydrogen-bond acceptors (Lipinski definition) is 9. The molecule has 0 radical (unpaired) electrons. The number of methoxy groups -OCH3 is 1. The maximum atomic E-state index is 14.0. The SMILES string of the molecule is COc1cc(S(=O)(=O)N2CCC(N3CCOCC3)CC2)ccc1NC1=CC(N)(C2CCCCC2)C2=C(C(F)(F)F)CN=C2N1. The Bertz CT molecular complexity index is 1440. The van der Waals surface area contributed by atoms with Crippen LogP contribution < -0.4 is 21.1 Å². The zero-order valence-electron chi connectivity index (χ0n) is 25.0. The van der Waals surface area contributed by atoms with Crippen LogP contribution in [-0.4, -0.2) is 94.3 Å². The van der Waals surface area contributed by atoms with Crippen LogP contribution in [0.25, 0.3) is 0 Å². The van der Waals surface area contributed by atoms with Crippen LogP contribution in [0.3, 0.4) is 0 Å². The van der Waals surface area contributed by atoms with Gasteiger partial charge in [-0.1, -0.05) is 19.3 Å². The monoisotopic (exact) mass is 638 g/mol. The Morgan fingerprint density at radius 2 is 1.80 bits per heavy atom. The minimum absolute atomic E-state index is 0.0215. The smallest absolute Gasteiger partial charge is 0.414 e. The summed E-state index contributed by atoms with van der Waals surface area (Å²) in [5.74, 6) is 0.604. The minimum Gasteiger partial charge on any atom is -0.495 e. The first-order valence-corrected chi connectivity index (χ1v) is 16.9. The van der Waals surface area contributed by atoms with Crippen LogP contribution in [-0.2, 0) is 14.8 Å². The Balaban J connectivity index is 1.23. The number of nitrogens with one attached hydrogen (secondary N) is 2. The maximum Gasteiger partial charge on any atom is 0.414 e. The predicted molar refractivity (Wildman–Crippen MR) is 161 cm³/mol. The van der Waals surface area contributed by atoms with Gasteiger partial charge in [-0.3, -0.25) is 9.89 Å². The fourth-order valence-electron chi connectivity index (χ4n) is 7.32. The van der Waals surface area contributed by atoms with E-state index in [1.807, 2.05) is 0 Å². The van der Waals surface area contributed by atoms with Crippen LogP contribution in [0.1, 0.15) is 44.9 Å². The number of sulfonamides is 1. The van der Waals surface area contributed by atoms with E-state index >= 15 is 0 Å². The molecule has 1 aromatic carbocycles. The summed E-state index contributed by atoms with van der Waals surface area (Å²) in [6.45, 7) is 3.54. The first-order chi connectivity index (χ1) is 21.0. The second-order valence-corrected chi connectivity index (χ2v) is 14.2. The molecule has 14 heteroatoms. The normalized spacial score (nSPS) is 26.6. The van der Waals surface area contributed by atoms with E-state index in [4.69, 9.17) is 15.2 Å². The quantitative estimate of drug-likeness (QED) is 0.415. The van der Waals surface area contributed by atoms with Gasteiger partial charge in [-0.15, -0.1) is 0 Å².